The van der Waals surface area contributed by atoms with Crippen LogP contribution in [0.2, 0.25) is 5.02 Å². The lowest BCUT2D eigenvalue weighted by Gasteiger charge is -2.24. The number of halogens is 2. The van der Waals surface area contributed by atoms with Crippen LogP contribution < -0.4 is 0 Å². The molecule has 29 heavy (non-hydrogen) atoms. The molecule has 3 aromatic rings. The highest BCUT2D eigenvalue weighted by Gasteiger charge is 2.19. The van der Waals surface area contributed by atoms with Crippen molar-refractivity contribution in [3.8, 4) is 0 Å². The smallest absolute Gasteiger partial charge is 0.255 e. The van der Waals surface area contributed by atoms with Gasteiger partial charge < -0.3 is 14.2 Å². The zero-order valence-electron chi connectivity index (χ0n) is 16.4. The zero-order valence-corrected chi connectivity index (χ0v) is 17.1. The Hall–Kier alpha value is -2.63. The lowest BCUT2D eigenvalue weighted by molar-refractivity contribution is 0.0720. The number of hydrogen-bond donors (Lipinski definition) is 0. The second-order valence-corrected chi connectivity index (χ2v) is 7.22. The van der Waals surface area contributed by atoms with Gasteiger partial charge in [-0.1, -0.05) is 35.9 Å². The fourth-order valence-corrected chi connectivity index (χ4v) is 3.45. The van der Waals surface area contributed by atoms with Crippen LogP contribution in [0.4, 0.5) is 4.39 Å². The van der Waals surface area contributed by atoms with Crippen molar-refractivity contribution in [3.05, 3.63) is 94.5 Å². The van der Waals surface area contributed by atoms with E-state index in [9.17, 15) is 9.18 Å². The number of aromatic nitrogens is 1. The van der Waals surface area contributed by atoms with Crippen molar-refractivity contribution in [1.82, 2.24) is 9.47 Å². The predicted molar refractivity (Wildman–Crippen MR) is 113 cm³/mol. The Labute approximate surface area is 175 Å². The molecule has 0 bridgehead atoms. The standard InChI is InChI=1S/C23H24ClFN2O2/c1-29-14-6-13-27(23(28)21-10-2-3-11-22(21)24)17-20-9-5-12-26(20)16-18-7-4-8-19(25)15-18/h2-5,7-12,15H,6,13-14,16-17H2,1H3. The number of carbonyl (C=O) groups excluding carboxylic acids is 1. The first-order valence-electron chi connectivity index (χ1n) is 9.49. The van der Waals surface area contributed by atoms with Crippen molar-refractivity contribution >= 4 is 17.5 Å². The first-order chi connectivity index (χ1) is 14.1. The Morgan fingerprint density at radius 2 is 1.97 bits per heavy atom. The van der Waals surface area contributed by atoms with E-state index in [0.29, 0.717) is 36.8 Å². The molecule has 0 aliphatic carbocycles. The van der Waals surface area contributed by atoms with Gasteiger partial charge in [-0.25, -0.2) is 4.39 Å². The van der Waals surface area contributed by atoms with Crippen LogP contribution in [-0.2, 0) is 17.8 Å². The van der Waals surface area contributed by atoms with Crippen LogP contribution in [-0.4, -0.2) is 35.6 Å². The molecule has 0 aliphatic rings. The van der Waals surface area contributed by atoms with Crippen LogP contribution in [0.5, 0.6) is 0 Å². The first kappa shape index (κ1) is 21.1. The third-order valence-electron chi connectivity index (χ3n) is 4.69. The molecule has 0 unspecified atom stereocenters. The SMILES string of the molecule is COCCCN(Cc1cccn1Cc1cccc(F)c1)C(=O)c1ccccc1Cl. The maximum Gasteiger partial charge on any atom is 0.255 e. The van der Waals surface area contributed by atoms with Crippen LogP contribution >= 0.6 is 11.6 Å². The van der Waals surface area contributed by atoms with Crippen LogP contribution in [0.3, 0.4) is 0 Å². The molecule has 0 saturated carbocycles. The molecule has 0 fully saturated rings. The number of hydrogen-bond acceptors (Lipinski definition) is 2. The molecule has 0 spiro atoms. The van der Waals surface area contributed by atoms with E-state index in [0.717, 1.165) is 17.7 Å². The summed E-state index contributed by atoms with van der Waals surface area (Å²) < 4.78 is 20.7. The Balaban J connectivity index is 1.80. The molecule has 1 aromatic heterocycles. The third-order valence-corrected chi connectivity index (χ3v) is 5.02. The van der Waals surface area contributed by atoms with Crippen LogP contribution in [0.1, 0.15) is 28.0 Å². The summed E-state index contributed by atoms with van der Waals surface area (Å²) in [5.74, 6) is -0.378. The fourth-order valence-electron chi connectivity index (χ4n) is 3.23. The van der Waals surface area contributed by atoms with Crippen molar-refractivity contribution in [2.24, 2.45) is 0 Å². The largest absolute Gasteiger partial charge is 0.385 e. The molecule has 3 rings (SSSR count). The Kier molecular flexibility index (Phi) is 7.44. The van der Waals surface area contributed by atoms with Gasteiger partial charge in [0.05, 0.1) is 17.1 Å². The predicted octanol–water partition coefficient (Wildman–Crippen LogP) is 5.01. The summed E-state index contributed by atoms with van der Waals surface area (Å²) in [6.07, 6.45) is 2.66. The number of nitrogens with zero attached hydrogens (tertiary/aromatic N) is 2. The van der Waals surface area contributed by atoms with E-state index < -0.39 is 0 Å². The summed E-state index contributed by atoms with van der Waals surface area (Å²) in [7, 11) is 1.64. The summed E-state index contributed by atoms with van der Waals surface area (Å²) in [4.78, 5) is 14.9. The van der Waals surface area contributed by atoms with E-state index in [1.807, 2.05) is 29.0 Å². The van der Waals surface area contributed by atoms with Gasteiger partial charge in [-0.2, -0.15) is 0 Å². The molecule has 1 heterocycles. The van der Waals surface area contributed by atoms with E-state index in [-0.39, 0.29) is 11.7 Å². The molecular weight excluding hydrogens is 391 g/mol. The molecule has 0 aliphatic heterocycles. The van der Waals surface area contributed by atoms with Crippen molar-refractivity contribution in [1.29, 1.82) is 0 Å². The molecule has 0 radical (unpaired) electrons. The number of carbonyl (C=O) groups is 1. The van der Waals surface area contributed by atoms with Crippen LogP contribution in [0, 0.1) is 5.82 Å². The Bertz CT molecular complexity index is 957. The van der Waals surface area contributed by atoms with Crippen molar-refractivity contribution < 1.29 is 13.9 Å². The molecule has 0 N–H and O–H groups in total. The first-order valence-corrected chi connectivity index (χ1v) is 9.87. The monoisotopic (exact) mass is 414 g/mol. The third kappa shape index (κ3) is 5.68. The van der Waals surface area contributed by atoms with Gasteiger partial charge in [0.2, 0.25) is 0 Å². The van der Waals surface area contributed by atoms with Gasteiger partial charge in [-0.3, -0.25) is 4.79 Å². The summed E-state index contributed by atoms with van der Waals surface area (Å²) in [6.45, 7) is 2.07. The van der Waals surface area contributed by atoms with Gasteiger partial charge in [0.15, 0.2) is 0 Å². The summed E-state index contributed by atoms with van der Waals surface area (Å²) in [5, 5.41) is 0.435. The molecule has 2 aromatic carbocycles. The number of ether oxygens (including phenoxy) is 1. The second-order valence-electron chi connectivity index (χ2n) is 6.81. The zero-order chi connectivity index (χ0) is 20.6. The average molecular weight is 415 g/mol. The maximum absolute atomic E-state index is 13.5. The van der Waals surface area contributed by atoms with E-state index in [4.69, 9.17) is 16.3 Å². The van der Waals surface area contributed by atoms with Gasteiger partial charge in [0.25, 0.3) is 5.91 Å². The minimum absolute atomic E-state index is 0.120. The molecule has 152 valence electrons. The van der Waals surface area contributed by atoms with E-state index in [1.54, 1.807) is 42.3 Å². The summed E-state index contributed by atoms with van der Waals surface area (Å²) >= 11 is 6.25. The molecule has 4 nitrogen and oxygen atoms in total. The van der Waals surface area contributed by atoms with Gasteiger partial charge in [0.1, 0.15) is 5.82 Å². The summed E-state index contributed by atoms with van der Waals surface area (Å²) in [6, 6.07) is 17.5. The topological polar surface area (TPSA) is 34.5 Å². The molecular formula is C23H24ClFN2O2. The lowest BCUT2D eigenvalue weighted by atomic mass is 10.2. The van der Waals surface area contributed by atoms with E-state index in [2.05, 4.69) is 0 Å². The normalized spacial score (nSPS) is 10.9. The molecule has 0 atom stereocenters. The van der Waals surface area contributed by atoms with Crippen LogP contribution in [0.25, 0.3) is 0 Å². The van der Waals surface area contributed by atoms with Crippen molar-refractivity contribution in [3.63, 3.8) is 0 Å². The number of rotatable bonds is 9. The summed E-state index contributed by atoms with van der Waals surface area (Å²) in [5.41, 5.74) is 2.31. The van der Waals surface area contributed by atoms with Crippen molar-refractivity contribution in [2.75, 3.05) is 20.3 Å². The average Bonchev–Trinajstić information content (AvgIpc) is 3.14. The lowest BCUT2D eigenvalue weighted by Crippen LogP contribution is -2.33. The number of methoxy groups -OCH3 is 1. The maximum atomic E-state index is 13.5. The minimum atomic E-state index is -0.258. The van der Waals surface area contributed by atoms with E-state index >= 15 is 0 Å². The Morgan fingerprint density at radius 1 is 1.14 bits per heavy atom. The minimum Gasteiger partial charge on any atom is -0.385 e. The molecule has 1 amide bonds. The fraction of sp³-hybridized carbons (Fsp3) is 0.261. The van der Waals surface area contributed by atoms with Gasteiger partial charge in [-0.15, -0.1) is 0 Å². The van der Waals surface area contributed by atoms with Crippen molar-refractivity contribution in [2.45, 2.75) is 19.5 Å². The second kappa shape index (κ2) is 10.2. The highest BCUT2D eigenvalue weighted by molar-refractivity contribution is 6.33. The molecule has 0 saturated heterocycles. The van der Waals surface area contributed by atoms with E-state index in [1.165, 1.54) is 12.1 Å². The van der Waals surface area contributed by atoms with Gasteiger partial charge in [-0.05, 0) is 48.4 Å². The number of amides is 1. The van der Waals surface area contributed by atoms with Crippen LogP contribution in [0.15, 0.2) is 66.9 Å². The Morgan fingerprint density at radius 3 is 2.72 bits per heavy atom. The number of benzene rings is 2. The van der Waals surface area contributed by atoms with Gasteiger partial charge in [0, 0.05) is 38.7 Å². The molecule has 6 heteroatoms. The quantitative estimate of drug-likeness (QED) is 0.461. The van der Waals surface area contributed by atoms with Gasteiger partial charge >= 0.3 is 0 Å². The highest BCUT2D eigenvalue weighted by atomic mass is 35.5. The highest BCUT2D eigenvalue weighted by Crippen LogP contribution is 2.19.